The van der Waals surface area contributed by atoms with Crippen LogP contribution >= 0.6 is 11.6 Å². The average molecular weight is 250 g/mol. The van der Waals surface area contributed by atoms with Gasteiger partial charge in [-0.15, -0.1) is 0 Å². The molecule has 0 saturated carbocycles. The Bertz CT molecular complexity index is 707. The van der Waals surface area contributed by atoms with Gasteiger partial charge in [-0.3, -0.25) is 4.98 Å². The first kappa shape index (κ1) is 11.3. The molecule has 1 aromatic heterocycles. The number of aromatic nitrogens is 1. The van der Waals surface area contributed by atoms with Crippen molar-refractivity contribution in [3.63, 3.8) is 0 Å². The lowest BCUT2D eigenvalue weighted by Gasteiger charge is -2.07. The van der Waals surface area contributed by atoms with Gasteiger partial charge >= 0.3 is 0 Å². The first-order chi connectivity index (χ1) is 8.75. The van der Waals surface area contributed by atoms with Gasteiger partial charge in [0.25, 0.3) is 0 Å². The number of fused-ring (bicyclic) bond motifs is 1. The highest BCUT2D eigenvalue weighted by Crippen LogP contribution is 2.32. The van der Waals surface area contributed by atoms with Crippen LogP contribution in [0.4, 0.5) is 0 Å². The van der Waals surface area contributed by atoms with Gasteiger partial charge < -0.3 is 0 Å². The summed E-state index contributed by atoms with van der Waals surface area (Å²) < 4.78 is 0. The number of hydrogen-bond acceptors (Lipinski definition) is 1. The first-order valence-electron chi connectivity index (χ1n) is 5.65. The molecule has 0 N–H and O–H groups in total. The third-order valence-electron chi connectivity index (χ3n) is 2.93. The molecular weight excluding hydrogens is 240 g/mol. The topological polar surface area (TPSA) is 12.9 Å². The standard InChI is InChI=1S/C15H9BClN/c16-11-7-5-10(6-8-11)13-9-18-14-4-2-1-3-12(14)15(13)17/h1-9H. The minimum Gasteiger partial charge on any atom is -0.256 e. The van der Waals surface area contributed by atoms with E-state index in [2.05, 4.69) is 4.98 Å². The van der Waals surface area contributed by atoms with Crippen molar-refractivity contribution in [2.45, 2.75) is 0 Å². The molecule has 0 bridgehead atoms. The van der Waals surface area contributed by atoms with Gasteiger partial charge in [0.05, 0.1) is 10.5 Å². The van der Waals surface area contributed by atoms with Crippen molar-refractivity contribution in [3.8, 4) is 11.1 Å². The number of halogens is 1. The Morgan fingerprint density at radius 1 is 0.944 bits per heavy atom. The molecule has 3 aromatic rings. The maximum Gasteiger partial charge on any atom is 0.113 e. The number of pyridine rings is 1. The van der Waals surface area contributed by atoms with Crippen LogP contribution in [0.15, 0.2) is 54.7 Å². The van der Waals surface area contributed by atoms with Crippen LogP contribution in [-0.2, 0) is 0 Å². The molecule has 2 aromatic carbocycles. The Morgan fingerprint density at radius 2 is 1.67 bits per heavy atom. The van der Waals surface area contributed by atoms with E-state index in [1.54, 1.807) is 6.20 Å². The molecule has 18 heavy (non-hydrogen) atoms. The number of nitrogens with zero attached hydrogens (tertiary/aromatic N) is 1. The molecule has 0 fully saturated rings. The third-order valence-corrected chi connectivity index (χ3v) is 3.34. The summed E-state index contributed by atoms with van der Waals surface area (Å²) in [6.45, 7) is 0. The minimum atomic E-state index is 0.727. The first-order valence-corrected chi connectivity index (χ1v) is 6.02. The Kier molecular flexibility index (Phi) is 2.81. The van der Waals surface area contributed by atoms with E-state index in [4.69, 9.17) is 19.4 Å². The molecule has 1 nitrogen and oxygen atoms in total. The zero-order chi connectivity index (χ0) is 12.5. The summed E-state index contributed by atoms with van der Waals surface area (Å²) in [5.41, 5.74) is 3.59. The Labute approximate surface area is 112 Å². The fourth-order valence-electron chi connectivity index (χ4n) is 1.97. The molecular formula is C15H9BClN. The van der Waals surface area contributed by atoms with Crippen molar-refractivity contribution >= 4 is 35.8 Å². The van der Waals surface area contributed by atoms with Gasteiger partial charge in [0.2, 0.25) is 0 Å². The number of para-hydroxylation sites is 1. The highest BCUT2D eigenvalue weighted by Gasteiger charge is 2.07. The monoisotopic (exact) mass is 249 g/mol. The second-order valence-electron chi connectivity index (χ2n) is 4.13. The van der Waals surface area contributed by atoms with Gasteiger partial charge in [-0.2, -0.15) is 0 Å². The average Bonchev–Trinajstić information content (AvgIpc) is 2.41. The van der Waals surface area contributed by atoms with E-state index in [0.29, 0.717) is 0 Å². The smallest absolute Gasteiger partial charge is 0.113 e. The lowest BCUT2D eigenvalue weighted by atomic mass is 9.94. The predicted octanol–water partition coefficient (Wildman–Crippen LogP) is 3.35. The molecule has 0 unspecified atom stereocenters. The quantitative estimate of drug-likeness (QED) is 0.603. The van der Waals surface area contributed by atoms with Crippen molar-refractivity contribution < 1.29 is 0 Å². The molecule has 0 aliphatic carbocycles. The molecule has 1 heterocycles. The van der Waals surface area contributed by atoms with E-state index in [1.807, 2.05) is 48.5 Å². The van der Waals surface area contributed by atoms with Gasteiger partial charge in [0, 0.05) is 17.1 Å². The summed E-state index contributed by atoms with van der Waals surface area (Å²) in [4.78, 5) is 4.43. The second-order valence-corrected chi connectivity index (χ2v) is 4.50. The summed E-state index contributed by atoms with van der Waals surface area (Å²) in [6, 6.07) is 15.5. The molecule has 0 spiro atoms. The van der Waals surface area contributed by atoms with Crippen molar-refractivity contribution in [2.75, 3.05) is 0 Å². The van der Waals surface area contributed by atoms with Crippen LogP contribution in [-0.4, -0.2) is 12.8 Å². The second kappa shape index (κ2) is 4.47. The van der Waals surface area contributed by atoms with Gasteiger partial charge in [-0.1, -0.05) is 59.5 Å². The van der Waals surface area contributed by atoms with Gasteiger partial charge in [-0.05, 0) is 11.6 Å². The summed E-state index contributed by atoms with van der Waals surface area (Å²) in [6.07, 6.45) is 1.80. The molecule has 2 radical (unpaired) electrons. The minimum absolute atomic E-state index is 0.727. The molecule has 0 atom stereocenters. The zero-order valence-electron chi connectivity index (χ0n) is 9.60. The van der Waals surface area contributed by atoms with Gasteiger partial charge in [0.15, 0.2) is 0 Å². The van der Waals surface area contributed by atoms with Crippen LogP contribution in [0.2, 0.25) is 5.02 Å². The van der Waals surface area contributed by atoms with Crippen LogP contribution in [0.3, 0.4) is 0 Å². The Morgan fingerprint density at radius 3 is 2.44 bits per heavy atom. The predicted molar refractivity (Wildman–Crippen MR) is 77.6 cm³/mol. The van der Waals surface area contributed by atoms with E-state index in [-0.39, 0.29) is 0 Å². The molecule has 3 heteroatoms. The lowest BCUT2D eigenvalue weighted by molar-refractivity contribution is 1.41. The van der Waals surface area contributed by atoms with Crippen LogP contribution in [0.1, 0.15) is 0 Å². The highest BCUT2D eigenvalue weighted by molar-refractivity contribution is 6.38. The summed E-state index contributed by atoms with van der Waals surface area (Å²) in [5, 5.41) is 1.69. The summed E-state index contributed by atoms with van der Waals surface area (Å²) in [5.74, 6) is 0. The van der Waals surface area contributed by atoms with Crippen LogP contribution in [0.5, 0.6) is 0 Å². The Hall–Kier alpha value is -1.80. The largest absolute Gasteiger partial charge is 0.256 e. The molecule has 0 saturated heterocycles. The number of rotatable bonds is 1. The van der Waals surface area contributed by atoms with Gasteiger partial charge in [0.1, 0.15) is 7.85 Å². The van der Waals surface area contributed by atoms with Crippen molar-refractivity contribution in [1.82, 2.24) is 4.98 Å². The fraction of sp³-hybridized carbons (Fsp3) is 0. The van der Waals surface area contributed by atoms with E-state index < -0.39 is 0 Å². The van der Waals surface area contributed by atoms with E-state index >= 15 is 0 Å². The summed E-state index contributed by atoms with van der Waals surface area (Å²) in [7, 11) is 5.68. The zero-order valence-corrected chi connectivity index (χ0v) is 10.4. The van der Waals surface area contributed by atoms with Crippen LogP contribution < -0.4 is 5.46 Å². The van der Waals surface area contributed by atoms with Crippen LogP contribution in [0, 0.1) is 0 Å². The van der Waals surface area contributed by atoms with E-state index in [1.165, 1.54) is 0 Å². The van der Waals surface area contributed by atoms with Crippen molar-refractivity contribution in [1.29, 1.82) is 0 Å². The van der Waals surface area contributed by atoms with Gasteiger partial charge in [-0.25, -0.2) is 0 Å². The third kappa shape index (κ3) is 1.89. The summed E-state index contributed by atoms with van der Waals surface area (Å²) >= 11 is 6.44. The fourth-order valence-corrected chi connectivity index (χ4v) is 2.29. The number of benzene rings is 2. The normalized spacial score (nSPS) is 10.7. The van der Waals surface area contributed by atoms with Crippen molar-refractivity contribution in [2.24, 2.45) is 0 Å². The molecule has 84 valence electrons. The highest BCUT2D eigenvalue weighted by atomic mass is 35.5. The van der Waals surface area contributed by atoms with Crippen LogP contribution in [0.25, 0.3) is 22.0 Å². The van der Waals surface area contributed by atoms with E-state index in [0.717, 1.165) is 32.5 Å². The van der Waals surface area contributed by atoms with Crippen molar-refractivity contribution in [3.05, 3.63) is 59.8 Å². The number of hydrogen-bond donors (Lipinski definition) is 0. The maximum absolute atomic E-state index is 6.44. The maximum atomic E-state index is 6.44. The molecule has 0 aliphatic heterocycles. The SMILES string of the molecule is [B]c1ccc(-c2cnc3ccccc3c2Cl)cc1. The van der Waals surface area contributed by atoms with E-state index in [9.17, 15) is 0 Å². The molecule has 0 aliphatic rings. The molecule has 3 rings (SSSR count). The Balaban J connectivity index is 2.24. The molecule has 0 amide bonds. The lowest BCUT2D eigenvalue weighted by Crippen LogP contribution is -1.99.